The quantitative estimate of drug-likeness (QED) is 0.816. The number of alkyl carbamates (subject to hydrolysis) is 1. The van der Waals surface area contributed by atoms with Gasteiger partial charge in [-0.25, -0.2) is 4.79 Å². The lowest BCUT2D eigenvalue weighted by Gasteiger charge is -2.23. The second-order valence-electron chi connectivity index (χ2n) is 5.78. The van der Waals surface area contributed by atoms with E-state index in [1.54, 1.807) is 20.8 Å². The van der Waals surface area contributed by atoms with E-state index < -0.39 is 23.6 Å². The highest BCUT2D eigenvalue weighted by Crippen LogP contribution is 2.23. The first-order chi connectivity index (χ1) is 8.79. The molecule has 1 amide bonds. The van der Waals surface area contributed by atoms with Crippen LogP contribution in [0.2, 0.25) is 0 Å². The van der Waals surface area contributed by atoms with Crippen LogP contribution in [0.15, 0.2) is 0 Å². The van der Waals surface area contributed by atoms with Gasteiger partial charge in [0, 0.05) is 19.8 Å². The third-order valence-corrected chi connectivity index (χ3v) is 3.00. The van der Waals surface area contributed by atoms with Gasteiger partial charge in [-0.1, -0.05) is 0 Å². The molecule has 110 valence electrons. The minimum atomic E-state index is -0.832. The molecule has 2 N–H and O–H groups in total. The predicted molar refractivity (Wildman–Crippen MR) is 68.9 cm³/mol. The topological polar surface area (TPSA) is 84.9 Å². The lowest BCUT2D eigenvalue weighted by Crippen LogP contribution is -2.38. The van der Waals surface area contributed by atoms with E-state index in [1.165, 1.54) is 0 Å². The summed E-state index contributed by atoms with van der Waals surface area (Å²) in [6.07, 6.45) is 0.602. The minimum absolute atomic E-state index is 0.118. The van der Waals surface area contributed by atoms with Crippen molar-refractivity contribution in [2.75, 3.05) is 19.8 Å². The van der Waals surface area contributed by atoms with Crippen LogP contribution in [0, 0.1) is 11.8 Å². The highest BCUT2D eigenvalue weighted by Gasteiger charge is 2.30. The molecule has 2 atom stereocenters. The molecule has 1 aliphatic heterocycles. The van der Waals surface area contributed by atoms with Crippen LogP contribution in [-0.2, 0) is 14.3 Å². The maximum atomic E-state index is 11.6. The highest BCUT2D eigenvalue weighted by molar-refractivity contribution is 5.71. The van der Waals surface area contributed by atoms with E-state index in [0.717, 1.165) is 0 Å². The van der Waals surface area contributed by atoms with Crippen LogP contribution in [0.25, 0.3) is 0 Å². The molecule has 0 bridgehead atoms. The molecule has 6 heteroatoms. The Bertz CT molecular complexity index is 323. The number of carboxylic acid groups (broad SMARTS) is 1. The summed E-state index contributed by atoms with van der Waals surface area (Å²) >= 11 is 0. The normalized spacial score (nSPS) is 24.4. The molecule has 0 saturated carbocycles. The molecule has 0 unspecified atom stereocenters. The summed E-state index contributed by atoms with van der Waals surface area (Å²) in [6, 6.07) is 0. The van der Waals surface area contributed by atoms with E-state index in [1.807, 2.05) is 0 Å². The molecule has 0 aliphatic carbocycles. The molecule has 1 rings (SSSR count). The standard InChI is InChI=1S/C13H23NO5/c1-13(2,3)19-12(17)14-8-9-4-6-18-7-5-10(9)11(15)16/h9-10H,4-8H2,1-3H3,(H,14,17)(H,15,16)/t9-,10-/m0/s1. The van der Waals surface area contributed by atoms with E-state index in [-0.39, 0.29) is 5.92 Å². The Kier molecular flexibility index (Phi) is 5.60. The fraction of sp³-hybridized carbons (Fsp3) is 0.846. The van der Waals surface area contributed by atoms with Crippen molar-refractivity contribution < 1.29 is 24.2 Å². The Morgan fingerprint density at radius 2 is 1.95 bits per heavy atom. The van der Waals surface area contributed by atoms with E-state index in [0.29, 0.717) is 32.6 Å². The number of aliphatic carboxylic acids is 1. The Labute approximate surface area is 113 Å². The zero-order valence-electron chi connectivity index (χ0n) is 11.8. The first-order valence-electron chi connectivity index (χ1n) is 6.57. The van der Waals surface area contributed by atoms with E-state index in [9.17, 15) is 14.7 Å². The number of carbonyl (C=O) groups excluding carboxylic acids is 1. The molecule has 6 nitrogen and oxygen atoms in total. The number of hydrogen-bond acceptors (Lipinski definition) is 4. The van der Waals surface area contributed by atoms with E-state index >= 15 is 0 Å². The van der Waals surface area contributed by atoms with Gasteiger partial charge >= 0.3 is 12.1 Å². The Balaban J connectivity index is 2.48. The molecule has 1 heterocycles. The van der Waals surface area contributed by atoms with Crippen molar-refractivity contribution in [1.29, 1.82) is 0 Å². The number of amides is 1. The highest BCUT2D eigenvalue weighted by atomic mass is 16.6. The van der Waals surface area contributed by atoms with Crippen LogP contribution >= 0.6 is 0 Å². The number of carbonyl (C=O) groups is 2. The van der Waals surface area contributed by atoms with Crippen LogP contribution in [0.1, 0.15) is 33.6 Å². The van der Waals surface area contributed by atoms with Crippen LogP contribution in [-0.4, -0.2) is 42.5 Å². The number of nitrogens with one attached hydrogen (secondary N) is 1. The summed E-state index contributed by atoms with van der Waals surface area (Å²) in [5.74, 6) is -1.42. The van der Waals surface area contributed by atoms with Crippen molar-refractivity contribution in [3.8, 4) is 0 Å². The first-order valence-corrected chi connectivity index (χ1v) is 6.57. The summed E-state index contributed by atoms with van der Waals surface area (Å²) in [6.45, 7) is 6.64. The Morgan fingerprint density at radius 3 is 2.53 bits per heavy atom. The van der Waals surface area contributed by atoms with Crippen molar-refractivity contribution in [3.05, 3.63) is 0 Å². The number of carboxylic acids is 1. The first kappa shape index (κ1) is 15.8. The predicted octanol–water partition coefficient (Wildman–Crippen LogP) is 1.64. The van der Waals surface area contributed by atoms with Gasteiger partial charge in [-0.15, -0.1) is 0 Å². The van der Waals surface area contributed by atoms with Gasteiger partial charge in [-0.2, -0.15) is 0 Å². The molecule has 1 fully saturated rings. The second kappa shape index (κ2) is 6.75. The van der Waals surface area contributed by atoms with Crippen molar-refractivity contribution in [3.63, 3.8) is 0 Å². The molecule has 1 saturated heterocycles. The zero-order valence-corrected chi connectivity index (χ0v) is 11.8. The van der Waals surface area contributed by atoms with Crippen molar-refractivity contribution in [2.24, 2.45) is 11.8 Å². The van der Waals surface area contributed by atoms with Crippen LogP contribution in [0.4, 0.5) is 4.79 Å². The molecule has 1 aliphatic rings. The van der Waals surface area contributed by atoms with Gasteiger partial charge in [0.1, 0.15) is 5.60 Å². The van der Waals surface area contributed by atoms with E-state index in [2.05, 4.69) is 5.32 Å². The average molecular weight is 273 g/mol. The lowest BCUT2D eigenvalue weighted by molar-refractivity contribution is -0.143. The van der Waals surface area contributed by atoms with Gasteiger partial charge in [0.2, 0.25) is 0 Å². The SMILES string of the molecule is CC(C)(C)OC(=O)NC[C@@H]1CCOCC[C@@H]1C(=O)O. The molecule has 0 spiro atoms. The summed E-state index contributed by atoms with van der Waals surface area (Å²) < 4.78 is 10.4. The average Bonchev–Trinajstić information content (AvgIpc) is 2.48. The van der Waals surface area contributed by atoms with Gasteiger partial charge < -0.3 is 19.9 Å². The Hall–Kier alpha value is -1.30. The van der Waals surface area contributed by atoms with Gasteiger partial charge in [0.15, 0.2) is 0 Å². The van der Waals surface area contributed by atoms with Gasteiger partial charge in [-0.05, 0) is 39.5 Å². The molecular weight excluding hydrogens is 250 g/mol. The minimum Gasteiger partial charge on any atom is -0.481 e. The monoisotopic (exact) mass is 273 g/mol. The number of hydrogen-bond donors (Lipinski definition) is 2. The fourth-order valence-electron chi connectivity index (χ4n) is 2.08. The van der Waals surface area contributed by atoms with Crippen LogP contribution in [0.3, 0.4) is 0 Å². The number of ether oxygens (including phenoxy) is 2. The summed E-state index contributed by atoms with van der Waals surface area (Å²) in [7, 11) is 0. The second-order valence-corrected chi connectivity index (χ2v) is 5.78. The fourth-order valence-corrected chi connectivity index (χ4v) is 2.08. The molecule has 0 aromatic carbocycles. The number of rotatable bonds is 3. The van der Waals surface area contributed by atoms with Gasteiger partial charge in [0.05, 0.1) is 5.92 Å². The molecule has 0 aromatic rings. The lowest BCUT2D eigenvalue weighted by atomic mass is 9.88. The maximum absolute atomic E-state index is 11.6. The largest absolute Gasteiger partial charge is 0.481 e. The molecule has 0 aromatic heterocycles. The van der Waals surface area contributed by atoms with Crippen molar-refractivity contribution in [1.82, 2.24) is 5.32 Å². The van der Waals surface area contributed by atoms with Crippen LogP contribution < -0.4 is 5.32 Å². The molecular formula is C13H23NO5. The Morgan fingerprint density at radius 1 is 1.32 bits per heavy atom. The van der Waals surface area contributed by atoms with Crippen molar-refractivity contribution >= 4 is 12.1 Å². The third kappa shape index (κ3) is 5.92. The summed E-state index contributed by atoms with van der Waals surface area (Å²) in [5.41, 5.74) is -0.553. The summed E-state index contributed by atoms with van der Waals surface area (Å²) in [4.78, 5) is 22.7. The smallest absolute Gasteiger partial charge is 0.407 e. The maximum Gasteiger partial charge on any atom is 0.407 e. The van der Waals surface area contributed by atoms with Gasteiger partial charge in [-0.3, -0.25) is 4.79 Å². The van der Waals surface area contributed by atoms with Crippen LogP contribution in [0.5, 0.6) is 0 Å². The van der Waals surface area contributed by atoms with Gasteiger partial charge in [0.25, 0.3) is 0 Å². The van der Waals surface area contributed by atoms with E-state index in [4.69, 9.17) is 9.47 Å². The third-order valence-electron chi connectivity index (χ3n) is 3.00. The molecule has 0 radical (unpaired) electrons. The zero-order chi connectivity index (χ0) is 14.5. The summed E-state index contributed by atoms with van der Waals surface area (Å²) in [5, 5.41) is 11.8. The van der Waals surface area contributed by atoms with Crippen molar-refractivity contribution in [2.45, 2.75) is 39.2 Å². The molecule has 19 heavy (non-hydrogen) atoms.